The summed E-state index contributed by atoms with van der Waals surface area (Å²) in [7, 11) is -4.04. The third kappa shape index (κ3) is 3.79. The summed E-state index contributed by atoms with van der Waals surface area (Å²) in [6.45, 7) is 0. The van der Waals surface area contributed by atoms with E-state index in [-0.39, 0.29) is 12.1 Å². The molecular formula is C14H12F2N2O3S. The van der Waals surface area contributed by atoms with Crippen LogP contribution in [0.4, 0.5) is 14.5 Å². The van der Waals surface area contributed by atoms with E-state index in [2.05, 4.69) is 4.72 Å². The van der Waals surface area contributed by atoms with Crippen molar-refractivity contribution in [3.8, 4) is 0 Å². The van der Waals surface area contributed by atoms with Gasteiger partial charge in [0, 0.05) is 5.69 Å². The van der Waals surface area contributed by atoms with E-state index in [1.807, 2.05) is 0 Å². The Hall–Kier alpha value is -2.48. The fraction of sp³-hybridized carbons (Fsp3) is 0.0714. The smallest absolute Gasteiger partial charge is 0.261 e. The number of anilines is 1. The van der Waals surface area contributed by atoms with Gasteiger partial charge in [-0.15, -0.1) is 0 Å². The van der Waals surface area contributed by atoms with Gasteiger partial charge in [-0.3, -0.25) is 9.52 Å². The minimum absolute atomic E-state index is 0.0379. The van der Waals surface area contributed by atoms with E-state index in [9.17, 15) is 22.0 Å². The third-order valence-corrected chi connectivity index (χ3v) is 4.16. The van der Waals surface area contributed by atoms with Gasteiger partial charge >= 0.3 is 0 Å². The lowest BCUT2D eigenvalue weighted by molar-refractivity contribution is -0.117. The van der Waals surface area contributed by atoms with Crippen molar-refractivity contribution in [1.82, 2.24) is 0 Å². The first-order chi connectivity index (χ1) is 10.3. The lowest BCUT2D eigenvalue weighted by Crippen LogP contribution is -2.14. The second kappa shape index (κ2) is 6.10. The van der Waals surface area contributed by atoms with Crippen LogP contribution in [0.5, 0.6) is 0 Å². The first-order valence-electron chi connectivity index (χ1n) is 6.13. The van der Waals surface area contributed by atoms with E-state index in [0.29, 0.717) is 11.6 Å². The van der Waals surface area contributed by atoms with E-state index in [1.165, 1.54) is 24.3 Å². The number of nitrogens with two attached hydrogens (primary N) is 1. The molecule has 0 aliphatic heterocycles. The number of carbonyl (C=O) groups is 1. The summed E-state index contributed by atoms with van der Waals surface area (Å²) < 4.78 is 52.3. The molecule has 1 amide bonds. The van der Waals surface area contributed by atoms with Gasteiger partial charge in [0.05, 0.1) is 11.3 Å². The lowest BCUT2D eigenvalue weighted by Gasteiger charge is -2.09. The van der Waals surface area contributed by atoms with Crippen LogP contribution in [0.1, 0.15) is 5.56 Å². The van der Waals surface area contributed by atoms with E-state index < -0.39 is 32.5 Å². The molecule has 0 fully saturated rings. The van der Waals surface area contributed by atoms with Crippen molar-refractivity contribution < 1.29 is 22.0 Å². The monoisotopic (exact) mass is 326 g/mol. The zero-order valence-corrected chi connectivity index (χ0v) is 12.0. The van der Waals surface area contributed by atoms with Crippen LogP contribution in [-0.4, -0.2) is 14.3 Å². The summed E-state index contributed by atoms with van der Waals surface area (Å²) in [4.78, 5) is 10.4. The molecule has 116 valence electrons. The Morgan fingerprint density at radius 1 is 1.05 bits per heavy atom. The highest BCUT2D eigenvalue weighted by Gasteiger charge is 2.16. The van der Waals surface area contributed by atoms with E-state index >= 15 is 0 Å². The number of hydrogen-bond acceptors (Lipinski definition) is 3. The zero-order chi connectivity index (χ0) is 16.3. The number of rotatable bonds is 5. The molecular weight excluding hydrogens is 314 g/mol. The Kier molecular flexibility index (Phi) is 4.41. The van der Waals surface area contributed by atoms with Crippen molar-refractivity contribution in [1.29, 1.82) is 0 Å². The molecule has 0 atom stereocenters. The Bertz CT molecular complexity index is 805. The van der Waals surface area contributed by atoms with Gasteiger partial charge in [0.25, 0.3) is 10.0 Å². The van der Waals surface area contributed by atoms with Crippen LogP contribution in [0.25, 0.3) is 0 Å². The molecule has 0 unspecified atom stereocenters. The van der Waals surface area contributed by atoms with Crippen LogP contribution >= 0.6 is 0 Å². The quantitative estimate of drug-likeness (QED) is 0.878. The molecule has 0 aliphatic rings. The predicted octanol–water partition coefficient (Wildman–Crippen LogP) is 1.79. The highest BCUT2D eigenvalue weighted by atomic mass is 32.2. The Morgan fingerprint density at radius 2 is 1.68 bits per heavy atom. The van der Waals surface area contributed by atoms with E-state index in [0.717, 1.165) is 12.1 Å². The second-order valence-electron chi connectivity index (χ2n) is 4.52. The topological polar surface area (TPSA) is 89.3 Å². The zero-order valence-electron chi connectivity index (χ0n) is 11.2. The predicted molar refractivity (Wildman–Crippen MR) is 76.5 cm³/mol. The largest absolute Gasteiger partial charge is 0.369 e. The van der Waals surface area contributed by atoms with Gasteiger partial charge in [0.1, 0.15) is 0 Å². The van der Waals surface area contributed by atoms with Crippen molar-refractivity contribution >= 4 is 21.6 Å². The van der Waals surface area contributed by atoms with Crippen LogP contribution in [0.3, 0.4) is 0 Å². The molecule has 5 nitrogen and oxygen atoms in total. The highest BCUT2D eigenvalue weighted by Crippen LogP contribution is 2.18. The van der Waals surface area contributed by atoms with E-state index in [4.69, 9.17) is 5.73 Å². The van der Waals surface area contributed by atoms with Crippen molar-refractivity contribution in [3.05, 3.63) is 59.7 Å². The third-order valence-electron chi connectivity index (χ3n) is 2.79. The maximum Gasteiger partial charge on any atom is 0.261 e. The average molecular weight is 326 g/mol. The van der Waals surface area contributed by atoms with Crippen molar-refractivity contribution in [3.63, 3.8) is 0 Å². The molecule has 0 bridgehead atoms. The molecule has 2 rings (SSSR count). The van der Waals surface area contributed by atoms with Gasteiger partial charge in [0.2, 0.25) is 5.91 Å². The molecule has 3 N–H and O–H groups in total. The van der Waals surface area contributed by atoms with Gasteiger partial charge < -0.3 is 5.73 Å². The molecule has 0 radical (unpaired) electrons. The minimum Gasteiger partial charge on any atom is -0.369 e. The molecule has 2 aromatic rings. The van der Waals surface area contributed by atoms with Gasteiger partial charge in [-0.25, -0.2) is 17.2 Å². The number of sulfonamides is 1. The molecule has 2 aromatic carbocycles. The summed E-state index contributed by atoms with van der Waals surface area (Å²) in [5, 5.41) is 0. The summed E-state index contributed by atoms with van der Waals surface area (Å²) in [5.41, 5.74) is 5.90. The Labute approximate surface area is 125 Å². The molecule has 0 spiro atoms. The van der Waals surface area contributed by atoms with Crippen LogP contribution in [0, 0.1) is 11.6 Å². The van der Waals surface area contributed by atoms with E-state index in [1.54, 1.807) is 0 Å². The lowest BCUT2D eigenvalue weighted by atomic mass is 10.1. The molecule has 0 aromatic heterocycles. The molecule has 0 heterocycles. The SMILES string of the molecule is NC(=O)Cc1ccc(NS(=O)(=O)c2ccc(F)c(F)c2)cc1. The van der Waals surface area contributed by atoms with Crippen molar-refractivity contribution in [2.75, 3.05) is 4.72 Å². The second-order valence-corrected chi connectivity index (χ2v) is 6.20. The average Bonchev–Trinajstić information content (AvgIpc) is 2.43. The minimum atomic E-state index is -4.04. The summed E-state index contributed by atoms with van der Waals surface area (Å²) in [6.07, 6.45) is 0.0379. The molecule has 0 saturated heterocycles. The number of halogens is 2. The number of hydrogen-bond donors (Lipinski definition) is 2. The molecule has 0 aliphatic carbocycles. The number of amides is 1. The summed E-state index contributed by atoms with van der Waals surface area (Å²) >= 11 is 0. The maximum absolute atomic E-state index is 13.1. The van der Waals surface area contributed by atoms with Gasteiger partial charge in [-0.2, -0.15) is 0 Å². The van der Waals surface area contributed by atoms with Crippen LogP contribution < -0.4 is 10.5 Å². The van der Waals surface area contributed by atoms with Crippen molar-refractivity contribution in [2.45, 2.75) is 11.3 Å². The summed E-state index contributed by atoms with van der Waals surface area (Å²) in [5.74, 6) is -2.88. The molecule has 8 heteroatoms. The van der Waals surface area contributed by atoms with Gasteiger partial charge in [-0.1, -0.05) is 12.1 Å². The fourth-order valence-electron chi connectivity index (χ4n) is 1.75. The van der Waals surface area contributed by atoms with Crippen molar-refractivity contribution in [2.24, 2.45) is 5.73 Å². The number of primary amides is 1. The fourth-order valence-corrected chi connectivity index (χ4v) is 2.82. The molecule has 0 saturated carbocycles. The van der Waals surface area contributed by atoms with Gasteiger partial charge in [0.15, 0.2) is 11.6 Å². The Balaban J connectivity index is 2.21. The first-order valence-corrected chi connectivity index (χ1v) is 7.61. The Morgan fingerprint density at radius 3 is 2.23 bits per heavy atom. The number of nitrogens with one attached hydrogen (secondary N) is 1. The molecule has 22 heavy (non-hydrogen) atoms. The number of benzene rings is 2. The maximum atomic E-state index is 13.1. The number of carbonyl (C=O) groups excluding carboxylic acids is 1. The standard InChI is InChI=1S/C14H12F2N2O3S/c15-12-6-5-11(8-13(12)16)22(20,21)18-10-3-1-9(2-4-10)7-14(17)19/h1-6,8,18H,7H2,(H2,17,19). The van der Waals surface area contributed by atoms with Crippen LogP contribution in [-0.2, 0) is 21.2 Å². The highest BCUT2D eigenvalue weighted by molar-refractivity contribution is 7.92. The summed E-state index contributed by atoms with van der Waals surface area (Å²) in [6, 6.07) is 8.24. The normalized spacial score (nSPS) is 11.2. The first kappa shape index (κ1) is 15.9. The van der Waals surface area contributed by atoms with Crippen LogP contribution in [0.2, 0.25) is 0 Å². The van der Waals surface area contributed by atoms with Crippen LogP contribution in [0.15, 0.2) is 47.4 Å². The van der Waals surface area contributed by atoms with Gasteiger partial charge in [-0.05, 0) is 35.9 Å².